The number of aliphatic hydroxyl groups excluding tert-OH is 1. The summed E-state index contributed by atoms with van der Waals surface area (Å²) in [6.07, 6.45) is 1.92. The fraction of sp³-hybridized carbons (Fsp3) is 0.231. The molecule has 2 heteroatoms. The van der Waals surface area contributed by atoms with Crippen molar-refractivity contribution in [3.8, 4) is 0 Å². The first-order valence-electron chi connectivity index (χ1n) is 4.86. The minimum absolute atomic E-state index is 0.400. The fourth-order valence-corrected chi connectivity index (χ4v) is 1.21. The van der Waals surface area contributed by atoms with Crippen LogP contribution in [0.4, 0.5) is 0 Å². The third-order valence-electron chi connectivity index (χ3n) is 2.10. The number of rotatable bonds is 6. The summed E-state index contributed by atoms with van der Waals surface area (Å²) in [7, 11) is 0. The van der Waals surface area contributed by atoms with Crippen molar-refractivity contribution in [3.05, 3.63) is 61.2 Å². The molecule has 0 aromatic heterocycles. The monoisotopic (exact) mass is 204 g/mol. The van der Waals surface area contributed by atoms with Crippen LogP contribution in [0.25, 0.3) is 0 Å². The molecule has 1 rings (SSSR count). The molecule has 0 aliphatic rings. The molecule has 80 valence electrons. The van der Waals surface area contributed by atoms with Crippen LogP contribution in [0.15, 0.2) is 55.6 Å². The molecule has 0 bridgehead atoms. The van der Waals surface area contributed by atoms with E-state index in [1.807, 2.05) is 30.3 Å². The molecule has 1 N–H and O–H groups in total. The van der Waals surface area contributed by atoms with E-state index >= 15 is 0 Å². The average Bonchev–Trinajstić information content (AvgIpc) is 2.31. The first kappa shape index (κ1) is 11.7. The summed E-state index contributed by atoms with van der Waals surface area (Å²) in [4.78, 5) is 0. The van der Waals surface area contributed by atoms with Crippen LogP contribution in [-0.4, -0.2) is 17.3 Å². The molecule has 1 aromatic carbocycles. The first-order chi connectivity index (χ1) is 7.27. The molecule has 0 unspecified atom stereocenters. The van der Waals surface area contributed by atoms with E-state index in [1.54, 1.807) is 6.08 Å². The van der Waals surface area contributed by atoms with Gasteiger partial charge in [-0.3, -0.25) is 0 Å². The summed E-state index contributed by atoms with van der Waals surface area (Å²) in [5.74, 6) is 0. The van der Waals surface area contributed by atoms with Crippen LogP contribution in [0.1, 0.15) is 5.56 Å². The van der Waals surface area contributed by atoms with Crippen molar-refractivity contribution in [3.63, 3.8) is 0 Å². The highest BCUT2D eigenvalue weighted by atomic mass is 16.5. The zero-order chi connectivity index (χ0) is 11.1. The highest BCUT2D eigenvalue weighted by Gasteiger charge is 2.12. The van der Waals surface area contributed by atoms with Gasteiger partial charge in [0.25, 0.3) is 0 Å². The molecule has 2 nitrogen and oxygen atoms in total. The Labute approximate surface area is 90.5 Å². The fourth-order valence-electron chi connectivity index (χ4n) is 1.21. The van der Waals surface area contributed by atoms with Gasteiger partial charge in [-0.05, 0) is 5.56 Å². The van der Waals surface area contributed by atoms with E-state index in [0.29, 0.717) is 6.61 Å². The number of aliphatic hydroxyl groups is 1. The molecule has 0 fully saturated rings. The third-order valence-corrected chi connectivity index (χ3v) is 2.10. The van der Waals surface area contributed by atoms with E-state index in [0.717, 1.165) is 5.56 Å². The molecule has 1 aromatic rings. The lowest BCUT2D eigenvalue weighted by Crippen LogP contribution is -2.24. The Morgan fingerprint density at radius 1 is 1.20 bits per heavy atom. The molecular formula is C13H16O2. The molecule has 0 spiro atoms. The lowest BCUT2D eigenvalue weighted by atomic mass is 10.2. The molecule has 0 heterocycles. The van der Waals surface area contributed by atoms with Crippen LogP contribution in [0, 0.1) is 0 Å². The summed E-state index contributed by atoms with van der Waals surface area (Å²) in [5.41, 5.74) is 1.07. The van der Waals surface area contributed by atoms with Gasteiger partial charge in [-0.25, -0.2) is 0 Å². The van der Waals surface area contributed by atoms with Crippen LogP contribution >= 0.6 is 0 Å². The predicted molar refractivity (Wildman–Crippen MR) is 61.4 cm³/mol. The van der Waals surface area contributed by atoms with E-state index in [1.165, 1.54) is 6.08 Å². The summed E-state index contributed by atoms with van der Waals surface area (Å²) in [6, 6.07) is 9.80. The number of ether oxygens (including phenoxy) is 1. The van der Waals surface area contributed by atoms with Crippen LogP contribution in [0.2, 0.25) is 0 Å². The normalized spacial score (nSPS) is 14.2. The molecular weight excluding hydrogens is 188 g/mol. The van der Waals surface area contributed by atoms with E-state index in [9.17, 15) is 5.11 Å². The largest absolute Gasteiger partial charge is 0.386 e. The maximum Gasteiger partial charge on any atom is 0.105 e. The Kier molecular flexibility index (Phi) is 4.81. The molecule has 15 heavy (non-hydrogen) atoms. The average molecular weight is 204 g/mol. The van der Waals surface area contributed by atoms with Crippen molar-refractivity contribution in [1.29, 1.82) is 0 Å². The highest BCUT2D eigenvalue weighted by molar-refractivity contribution is 5.13. The Hall–Kier alpha value is -1.38. The Morgan fingerprint density at radius 3 is 2.40 bits per heavy atom. The molecule has 0 amide bonds. The van der Waals surface area contributed by atoms with Gasteiger partial charge in [0.1, 0.15) is 12.2 Å². The van der Waals surface area contributed by atoms with Crippen LogP contribution in [0.3, 0.4) is 0 Å². The van der Waals surface area contributed by atoms with Crippen molar-refractivity contribution in [2.75, 3.05) is 0 Å². The minimum atomic E-state index is -0.703. The van der Waals surface area contributed by atoms with Gasteiger partial charge in [-0.15, -0.1) is 13.2 Å². The van der Waals surface area contributed by atoms with Crippen molar-refractivity contribution < 1.29 is 9.84 Å². The lowest BCUT2D eigenvalue weighted by Gasteiger charge is -2.17. The highest BCUT2D eigenvalue weighted by Crippen LogP contribution is 2.07. The van der Waals surface area contributed by atoms with Gasteiger partial charge in [0.05, 0.1) is 6.61 Å². The van der Waals surface area contributed by atoms with E-state index in [-0.39, 0.29) is 0 Å². The molecule has 0 aliphatic carbocycles. The second kappa shape index (κ2) is 6.17. The molecule has 0 aliphatic heterocycles. The van der Waals surface area contributed by atoms with Gasteiger partial charge in [0.15, 0.2) is 0 Å². The minimum Gasteiger partial charge on any atom is -0.386 e. The summed E-state index contributed by atoms with van der Waals surface area (Å²) >= 11 is 0. The van der Waals surface area contributed by atoms with Crippen molar-refractivity contribution in [2.45, 2.75) is 18.8 Å². The Balaban J connectivity index is 2.48. The van der Waals surface area contributed by atoms with Crippen molar-refractivity contribution >= 4 is 0 Å². The number of hydrogen-bond acceptors (Lipinski definition) is 2. The zero-order valence-corrected chi connectivity index (χ0v) is 8.67. The molecule has 2 atom stereocenters. The van der Waals surface area contributed by atoms with E-state index < -0.39 is 12.2 Å². The van der Waals surface area contributed by atoms with Gasteiger partial charge in [-0.2, -0.15) is 0 Å². The standard InChI is InChI=1S/C13H16O2/c1-3-12(14)13(4-2)15-10-11-8-6-5-7-9-11/h3-9,12-14H,1-2,10H2/t12-,13-/m1/s1. The first-order valence-corrected chi connectivity index (χ1v) is 4.86. The summed E-state index contributed by atoms with van der Waals surface area (Å²) in [6.45, 7) is 7.58. The molecule has 0 saturated carbocycles. The number of hydrogen-bond donors (Lipinski definition) is 1. The van der Waals surface area contributed by atoms with Crippen LogP contribution < -0.4 is 0 Å². The van der Waals surface area contributed by atoms with E-state index in [2.05, 4.69) is 13.2 Å². The maximum absolute atomic E-state index is 9.48. The van der Waals surface area contributed by atoms with E-state index in [4.69, 9.17) is 4.74 Å². The SMILES string of the molecule is C=C[C@@H](O)[C@@H](C=C)OCc1ccccc1. The summed E-state index contributed by atoms with van der Waals surface area (Å²) < 4.78 is 5.49. The second-order valence-corrected chi connectivity index (χ2v) is 3.22. The second-order valence-electron chi connectivity index (χ2n) is 3.22. The van der Waals surface area contributed by atoms with Crippen molar-refractivity contribution in [1.82, 2.24) is 0 Å². The number of benzene rings is 1. The Bertz CT molecular complexity index is 306. The van der Waals surface area contributed by atoms with Crippen LogP contribution in [-0.2, 0) is 11.3 Å². The molecule has 0 radical (unpaired) electrons. The van der Waals surface area contributed by atoms with Gasteiger partial charge in [0, 0.05) is 0 Å². The molecule has 0 saturated heterocycles. The van der Waals surface area contributed by atoms with Gasteiger partial charge < -0.3 is 9.84 Å². The lowest BCUT2D eigenvalue weighted by molar-refractivity contribution is 0.00226. The topological polar surface area (TPSA) is 29.5 Å². The smallest absolute Gasteiger partial charge is 0.105 e. The predicted octanol–water partition coefficient (Wildman–Crippen LogP) is 2.30. The van der Waals surface area contributed by atoms with Crippen molar-refractivity contribution in [2.24, 2.45) is 0 Å². The zero-order valence-electron chi connectivity index (χ0n) is 8.67. The third kappa shape index (κ3) is 3.70. The quantitative estimate of drug-likeness (QED) is 0.720. The Morgan fingerprint density at radius 2 is 1.87 bits per heavy atom. The van der Waals surface area contributed by atoms with Crippen LogP contribution in [0.5, 0.6) is 0 Å². The maximum atomic E-state index is 9.48. The van der Waals surface area contributed by atoms with Gasteiger partial charge in [0.2, 0.25) is 0 Å². The van der Waals surface area contributed by atoms with Gasteiger partial charge in [-0.1, -0.05) is 42.5 Å². The van der Waals surface area contributed by atoms with Gasteiger partial charge >= 0.3 is 0 Å². The summed E-state index contributed by atoms with van der Waals surface area (Å²) in [5, 5.41) is 9.48.